The minimum atomic E-state index is -0.509. The first-order valence-corrected chi connectivity index (χ1v) is 11.4. The van der Waals surface area contributed by atoms with E-state index in [4.69, 9.17) is 14.6 Å². The molecule has 0 aliphatic carbocycles. The van der Waals surface area contributed by atoms with Crippen molar-refractivity contribution >= 4 is 5.91 Å². The van der Waals surface area contributed by atoms with E-state index in [0.717, 1.165) is 29.7 Å². The van der Waals surface area contributed by atoms with Gasteiger partial charge in [0.05, 0.1) is 25.3 Å². The van der Waals surface area contributed by atoms with Crippen LogP contribution in [-0.2, 0) is 16.0 Å². The standard InChI is InChI=1S/C26H29N3O3/c1-26(31-16-17-32-26)22-12-14-28(15-13-22)25(30)23-19-29(18-20-8-4-2-5-9-20)27-24(23)21-10-6-3-7-11-21/h2-11,19,22H,12-18H2,1H3. The summed E-state index contributed by atoms with van der Waals surface area (Å²) in [4.78, 5) is 15.5. The molecule has 1 amide bonds. The third-order valence-corrected chi connectivity index (χ3v) is 6.61. The lowest BCUT2D eigenvalue weighted by atomic mass is 9.89. The van der Waals surface area contributed by atoms with E-state index >= 15 is 0 Å². The molecule has 3 heterocycles. The number of aromatic nitrogens is 2. The highest BCUT2D eigenvalue weighted by Crippen LogP contribution is 2.35. The molecule has 3 aromatic rings. The Morgan fingerprint density at radius 2 is 1.62 bits per heavy atom. The number of carbonyl (C=O) groups is 1. The van der Waals surface area contributed by atoms with Crippen LogP contribution in [0.5, 0.6) is 0 Å². The van der Waals surface area contributed by atoms with Crippen LogP contribution in [0, 0.1) is 5.92 Å². The van der Waals surface area contributed by atoms with E-state index in [0.29, 0.717) is 44.3 Å². The molecule has 2 aromatic carbocycles. The van der Waals surface area contributed by atoms with Crippen molar-refractivity contribution < 1.29 is 14.3 Å². The predicted molar refractivity (Wildman–Crippen MR) is 122 cm³/mol. The Morgan fingerprint density at radius 1 is 1.00 bits per heavy atom. The fourth-order valence-corrected chi connectivity index (χ4v) is 4.78. The number of hydrogen-bond acceptors (Lipinski definition) is 4. The number of likely N-dealkylation sites (tertiary alicyclic amines) is 1. The highest BCUT2D eigenvalue weighted by Gasteiger charge is 2.42. The lowest BCUT2D eigenvalue weighted by Gasteiger charge is -2.39. The van der Waals surface area contributed by atoms with Crippen molar-refractivity contribution in [2.45, 2.75) is 32.1 Å². The van der Waals surface area contributed by atoms with Gasteiger partial charge in [-0.3, -0.25) is 9.48 Å². The van der Waals surface area contributed by atoms with Crippen LogP contribution < -0.4 is 0 Å². The van der Waals surface area contributed by atoms with Crippen LogP contribution in [0.2, 0.25) is 0 Å². The van der Waals surface area contributed by atoms with E-state index in [1.807, 2.05) is 71.2 Å². The lowest BCUT2D eigenvalue weighted by molar-refractivity contribution is -0.189. The SMILES string of the molecule is CC1(C2CCN(C(=O)c3cn(Cc4ccccc4)nc3-c3ccccc3)CC2)OCCO1. The van der Waals surface area contributed by atoms with Gasteiger partial charge in [-0.2, -0.15) is 5.10 Å². The van der Waals surface area contributed by atoms with Crippen molar-refractivity contribution in [3.8, 4) is 11.3 Å². The molecule has 166 valence electrons. The first-order chi connectivity index (χ1) is 15.6. The van der Waals surface area contributed by atoms with Gasteiger partial charge in [-0.1, -0.05) is 60.7 Å². The van der Waals surface area contributed by atoms with E-state index in [2.05, 4.69) is 12.1 Å². The van der Waals surface area contributed by atoms with Gasteiger partial charge in [-0.25, -0.2) is 0 Å². The normalized spacial score (nSPS) is 18.7. The van der Waals surface area contributed by atoms with Crippen molar-refractivity contribution in [1.29, 1.82) is 0 Å². The molecule has 0 bridgehead atoms. The minimum Gasteiger partial charge on any atom is -0.348 e. The maximum Gasteiger partial charge on any atom is 0.257 e. The summed E-state index contributed by atoms with van der Waals surface area (Å²) in [5, 5.41) is 4.81. The van der Waals surface area contributed by atoms with Gasteiger partial charge in [0.25, 0.3) is 5.91 Å². The number of nitrogens with zero attached hydrogens (tertiary/aromatic N) is 3. The van der Waals surface area contributed by atoms with Crippen LogP contribution in [0.15, 0.2) is 66.9 Å². The smallest absolute Gasteiger partial charge is 0.257 e. The third-order valence-electron chi connectivity index (χ3n) is 6.61. The molecule has 6 heteroatoms. The Bertz CT molecular complexity index is 1050. The van der Waals surface area contributed by atoms with Crippen LogP contribution in [0.1, 0.15) is 35.7 Å². The summed E-state index contributed by atoms with van der Waals surface area (Å²) in [6, 6.07) is 20.1. The highest BCUT2D eigenvalue weighted by atomic mass is 16.7. The van der Waals surface area contributed by atoms with Gasteiger partial charge in [-0.05, 0) is 25.3 Å². The van der Waals surface area contributed by atoms with E-state index in [1.165, 1.54) is 0 Å². The molecule has 2 fully saturated rings. The van der Waals surface area contributed by atoms with E-state index in [-0.39, 0.29) is 5.91 Å². The quantitative estimate of drug-likeness (QED) is 0.607. The molecule has 0 atom stereocenters. The van der Waals surface area contributed by atoms with E-state index in [1.54, 1.807) is 0 Å². The molecule has 0 unspecified atom stereocenters. The van der Waals surface area contributed by atoms with Crippen LogP contribution >= 0.6 is 0 Å². The van der Waals surface area contributed by atoms with Crippen molar-refractivity contribution in [3.05, 3.63) is 78.0 Å². The van der Waals surface area contributed by atoms with Gasteiger partial charge in [-0.15, -0.1) is 0 Å². The van der Waals surface area contributed by atoms with Crippen molar-refractivity contribution in [1.82, 2.24) is 14.7 Å². The molecule has 0 saturated carbocycles. The summed E-state index contributed by atoms with van der Waals surface area (Å²) in [6.45, 7) is 5.35. The van der Waals surface area contributed by atoms with E-state index < -0.39 is 5.79 Å². The van der Waals surface area contributed by atoms with Crippen LogP contribution in [0.3, 0.4) is 0 Å². The number of piperidine rings is 1. The molecule has 0 spiro atoms. The second-order valence-corrected chi connectivity index (χ2v) is 8.72. The molecule has 1 aromatic heterocycles. The molecule has 0 N–H and O–H groups in total. The Labute approximate surface area is 188 Å². The van der Waals surface area contributed by atoms with Gasteiger partial charge in [0.1, 0.15) is 5.69 Å². The average Bonchev–Trinajstić information content (AvgIpc) is 3.47. The predicted octanol–water partition coefficient (Wildman–Crippen LogP) is 4.21. The van der Waals surface area contributed by atoms with Crippen LogP contribution in [-0.4, -0.2) is 52.7 Å². The summed E-state index contributed by atoms with van der Waals surface area (Å²) < 4.78 is 13.6. The first-order valence-electron chi connectivity index (χ1n) is 11.4. The van der Waals surface area contributed by atoms with E-state index in [9.17, 15) is 4.79 Å². The Morgan fingerprint density at radius 3 is 2.28 bits per heavy atom. The second kappa shape index (κ2) is 8.88. The fraction of sp³-hybridized carbons (Fsp3) is 0.385. The number of amides is 1. The fourth-order valence-electron chi connectivity index (χ4n) is 4.78. The molecule has 32 heavy (non-hydrogen) atoms. The van der Waals surface area contributed by atoms with Gasteiger partial charge in [0.15, 0.2) is 5.79 Å². The number of hydrogen-bond donors (Lipinski definition) is 0. The second-order valence-electron chi connectivity index (χ2n) is 8.72. The van der Waals surface area contributed by atoms with Crippen LogP contribution in [0.25, 0.3) is 11.3 Å². The summed E-state index contributed by atoms with van der Waals surface area (Å²) >= 11 is 0. The number of ether oxygens (including phenoxy) is 2. The Balaban J connectivity index is 1.37. The summed E-state index contributed by atoms with van der Waals surface area (Å²) in [6.07, 6.45) is 3.65. The molecule has 2 saturated heterocycles. The average molecular weight is 432 g/mol. The van der Waals surface area contributed by atoms with Crippen molar-refractivity contribution in [3.63, 3.8) is 0 Å². The van der Waals surface area contributed by atoms with Gasteiger partial charge in [0.2, 0.25) is 0 Å². The number of carbonyl (C=O) groups excluding carboxylic acids is 1. The lowest BCUT2D eigenvalue weighted by Crippen LogP contribution is -2.46. The van der Waals surface area contributed by atoms with Gasteiger partial charge < -0.3 is 14.4 Å². The molecule has 2 aliphatic heterocycles. The summed E-state index contributed by atoms with van der Waals surface area (Å²) in [5.74, 6) is -0.159. The molecule has 6 nitrogen and oxygen atoms in total. The Hall–Kier alpha value is -2.96. The first kappa shape index (κ1) is 20.9. The zero-order valence-corrected chi connectivity index (χ0v) is 18.4. The zero-order chi connectivity index (χ0) is 22.0. The Kier molecular flexibility index (Phi) is 5.81. The monoisotopic (exact) mass is 431 g/mol. The molecular weight excluding hydrogens is 402 g/mol. The minimum absolute atomic E-state index is 0.0417. The third kappa shape index (κ3) is 4.20. The van der Waals surface area contributed by atoms with Gasteiger partial charge in [0, 0.05) is 30.8 Å². The number of benzene rings is 2. The summed E-state index contributed by atoms with van der Waals surface area (Å²) in [7, 11) is 0. The molecule has 2 aliphatic rings. The van der Waals surface area contributed by atoms with Crippen molar-refractivity contribution in [2.75, 3.05) is 26.3 Å². The highest BCUT2D eigenvalue weighted by molar-refractivity contribution is 5.99. The number of rotatable bonds is 5. The molecule has 5 rings (SSSR count). The van der Waals surface area contributed by atoms with Crippen LogP contribution in [0.4, 0.5) is 0 Å². The zero-order valence-electron chi connectivity index (χ0n) is 18.4. The molecule has 0 radical (unpaired) electrons. The molecular formula is C26H29N3O3. The maximum absolute atomic E-state index is 13.6. The van der Waals surface area contributed by atoms with Gasteiger partial charge >= 0.3 is 0 Å². The largest absolute Gasteiger partial charge is 0.348 e. The summed E-state index contributed by atoms with van der Waals surface area (Å²) in [5.41, 5.74) is 3.50. The topological polar surface area (TPSA) is 56.6 Å². The van der Waals surface area contributed by atoms with Crippen molar-refractivity contribution in [2.24, 2.45) is 5.92 Å². The maximum atomic E-state index is 13.6.